The van der Waals surface area contributed by atoms with E-state index >= 15 is 0 Å². The maximum atomic E-state index is 10.8. The Morgan fingerprint density at radius 2 is 1.88 bits per heavy atom. The summed E-state index contributed by atoms with van der Waals surface area (Å²) in [6.45, 7) is 5.36. The van der Waals surface area contributed by atoms with Gasteiger partial charge >= 0.3 is 5.97 Å². The van der Waals surface area contributed by atoms with Crippen LogP contribution in [0.2, 0.25) is 0 Å². The van der Waals surface area contributed by atoms with Crippen LogP contribution in [0.1, 0.15) is 27.2 Å². The Bertz CT molecular complexity index is 340. The Morgan fingerprint density at radius 3 is 2.18 bits per heavy atom. The summed E-state index contributed by atoms with van der Waals surface area (Å²) in [5, 5.41) is 1.27. The highest BCUT2D eigenvalue weighted by molar-refractivity contribution is 7.64. The molecule has 0 saturated carbocycles. The van der Waals surface area contributed by atoms with Gasteiger partial charge in [0.1, 0.15) is 5.60 Å². The fourth-order valence-corrected chi connectivity index (χ4v) is 1.00. The lowest BCUT2D eigenvalue weighted by atomic mass is 10.2. The zero-order valence-electron chi connectivity index (χ0n) is 10.3. The number of esters is 1. The minimum absolute atomic E-state index is 0.0748. The van der Waals surface area contributed by atoms with Gasteiger partial charge in [-0.3, -0.25) is 9.78 Å². The Kier molecular flexibility index (Phi) is 7.88. The van der Waals surface area contributed by atoms with Crippen molar-refractivity contribution in [3.05, 3.63) is 30.6 Å². The van der Waals surface area contributed by atoms with Crippen LogP contribution in [0.5, 0.6) is 0 Å². The van der Waals surface area contributed by atoms with Gasteiger partial charge in [0.2, 0.25) is 0 Å². The van der Waals surface area contributed by atoms with Gasteiger partial charge in [-0.05, 0) is 32.9 Å². The molecule has 94 valence electrons. The summed E-state index contributed by atoms with van der Waals surface area (Å²) >= 11 is 0.280. The first-order valence-corrected chi connectivity index (χ1v) is 5.93. The molecule has 0 N–H and O–H groups in total. The lowest BCUT2D eigenvalue weighted by molar-refractivity contribution is -0.153. The van der Waals surface area contributed by atoms with Crippen molar-refractivity contribution in [3.8, 4) is 0 Å². The van der Waals surface area contributed by atoms with E-state index in [2.05, 4.69) is 4.98 Å². The van der Waals surface area contributed by atoms with Gasteiger partial charge in [0.25, 0.3) is 0 Å². The first kappa shape index (κ1) is 15.5. The van der Waals surface area contributed by atoms with E-state index in [-0.39, 0.29) is 23.6 Å². The predicted molar refractivity (Wildman–Crippen MR) is 68.9 cm³/mol. The fourth-order valence-electron chi connectivity index (χ4n) is 0.798. The third kappa shape index (κ3) is 12.4. The highest BCUT2D eigenvalue weighted by Gasteiger charge is 2.14. The molecule has 0 spiro atoms. The van der Waals surface area contributed by atoms with E-state index in [9.17, 15) is 9.00 Å². The summed E-state index contributed by atoms with van der Waals surface area (Å²) in [6, 6.07) is 5.72. The van der Waals surface area contributed by atoms with Crippen LogP contribution in [-0.4, -0.2) is 26.1 Å². The van der Waals surface area contributed by atoms with Crippen LogP contribution in [0.15, 0.2) is 30.6 Å². The molecule has 1 aromatic rings. The van der Waals surface area contributed by atoms with Crippen molar-refractivity contribution in [1.82, 2.24) is 4.98 Å². The summed E-state index contributed by atoms with van der Waals surface area (Å²) in [7, 11) is 0. The normalized spacial score (nSPS) is 9.59. The van der Waals surface area contributed by atoms with Gasteiger partial charge in [0, 0.05) is 17.8 Å². The van der Waals surface area contributed by atoms with E-state index in [0.717, 1.165) is 0 Å². The SMILES string of the molecule is CC(C)(C)OC(=O)CC=S=O.c1ccncc1. The van der Waals surface area contributed by atoms with Crippen LogP contribution in [0, 0.1) is 0 Å². The number of nitrogens with zero attached hydrogens (tertiary/aromatic N) is 1. The number of hydrogen-bond acceptors (Lipinski definition) is 4. The number of hydrogen-bond donors (Lipinski definition) is 0. The zero-order valence-corrected chi connectivity index (χ0v) is 11.1. The topological polar surface area (TPSA) is 56.3 Å². The van der Waals surface area contributed by atoms with Crippen LogP contribution >= 0.6 is 0 Å². The third-order valence-corrected chi connectivity index (χ3v) is 1.61. The van der Waals surface area contributed by atoms with E-state index in [4.69, 9.17) is 4.74 Å². The number of rotatable bonds is 2. The van der Waals surface area contributed by atoms with Crippen LogP contribution in [0.3, 0.4) is 0 Å². The molecule has 0 amide bonds. The van der Waals surface area contributed by atoms with Gasteiger partial charge in [0.15, 0.2) is 0 Å². The maximum absolute atomic E-state index is 10.8. The molecule has 0 bridgehead atoms. The van der Waals surface area contributed by atoms with Gasteiger partial charge in [-0.15, -0.1) is 0 Å². The molecule has 0 aliphatic heterocycles. The second-order valence-corrected chi connectivity index (χ2v) is 4.60. The van der Waals surface area contributed by atoms with Crippen LogP contribution in [-0.2, 0) is 20.8 Å². The van der Waals surface area contributed by atoms with Crippen molar-refractivity contribution in [2.75, 3.05) is 0 Å². The van der Waals surface area contributed by atoms with E-state index in [1.165, 1.54) is 5.37 Å². The molecule has 0 saturated heterocycles. The third-order valence-electron chi connectivity index (χ3n) is 1.30. The van der Waals surface area contributed by atoms with Crippen molar-refractivity contribution in [2.24, 2.45) is 0 Å². The second-order valence-electron chi connectivity index (χ2n) is 4.08. The van der Waals surface area contributed by atoms with Gasteiger partial charge in [-0.25, -0.2) is 4.21 Å². The number of carbonyl (C=O) groups is 1. The molecule has 17 heavy (non-hydrogen) atoms. The molecule has 1 rings (SSSR count). The Morgan fingerprint density at radius 1 is 1.29 bits per heavy atom. The first-order valence-electron chi connectivity index (χ1n) is 5.13. The van der Waals surface area contributed by atoms with Crippen molar-refractivity contribution in [2.45, 2.75) is 32.8 Å². The predicted octanol–water partition coefficient (Wildman–Crippen LogP) is 1.82. The number of pyridine rings is 1. The van der Waals surface area contributed by atoms with E-state index in [0.29, 0.717) is 0 Å². The van der Waals surface area contributed by atoms with Crippen molar-refractivity contribution in [3.63, 3.8) is 0 Å². The lowest BCUT2D eigenvalue weighted by Gasteiger charge is -2.18. The van der Waals surface area contributed by atoms with Crippen LogP contribution in [0.25, 0.3) is 0 Å². The number of aromatic nitrogens is 1. The smallest absolute Gasteiger partial charge is 0.311 e. The molecule has 0 aliphatic carbocycles. The average molecular weight is 255 g/mol. The Labute approximate surface area is 105 Å². The summed E-state index contributed by atoms with van der Waals surface area (Å²) in [4.78, 5) is 14.6. The molecular formula is C12H17NO3S. The van der Waals surface area contributed by atoms with Crippen molar-refractivity contribution >= 4 is 22.6 Å². The molecular weight excluding hydrogens is 238 g/mol. The lowest BCUT2D eigenvalue weighted by Crippen LogP contribution is -2.23. The van der Waals surface area contributed by atoms with E-state index in [1.54, 1.807) is 33.2 Å². The molecule has 0 fully saturated rings. The molecule has 5 heteroatoms. The van der Waals surface area contributed by atoms with Gasteiger partial charge in [-0.1, -0.05) is 6.07 Å². The Balaban J connectivity index is 0.000000354. The van der Waals surface area contributed by atoms with Gasteiger partial charge in [0.05, 0.1) is 17.7 Å². The maximum Gasteiger partial charge on any atom is 0.311 e. The average Bonchev–Trinajstić information content (AvgIpc) is 2.27. The van der Waals surface area contributed by atoms with E-state index in [1.807, 2.05) is 18.2 Å². The highest BCUT2D eigenvalue weighted by Crippen LogP contribution is 2.07. The zero-order chi connectivity index (χ0) is 13.1. The summed E-state index contributed by atoms with van der Waals surface area (Å²) < 4.78 is 14.8. The summed E-state index contributed by atoms with van der Waals surface area (Å²) in [5.74, 6) is -0.360. The fraction of sp³-hybridized carbons (Fsp3) is 0.417. The minimum Gasteiger partial charge on any atom is -0.460 e. The second kappa shape index (κ2) is 8.64. The summed E-state index contributed by atoms with van der Waals surface area (Å²) in [5.41, 5.74) is -0.460. The van der Waals surface area contributed by atoms with Crippen LogP contribution < -0.4 is 0 Å². The molecule has 0 atom stereocenters. The quantitative estimate of drug-likeness (QED) is 0.597. The molecule has 0 aliphatic rings. The van der Waals surface area contributed by atoms with Crippen LogP contribution in [0.4, 0.5) is 0 Å². The van der Waals surface area contributed by atoms with Crippen molar-refractivity contribution in [1.29, 1.82) is 0 Å². The molecule has 1 aromatic heterocycles. The Hall–Kier alpha value is -1.49. The number of ether oxygens (including phenoxy) is 1. The number of carbonyl (C=O) groups excluding carboxylic acids is 1. The van der Waals surface area contributed by atoms with Gasteiger partial charge < -0.3 is 4.74 Å². The highest BCUT2D eigenvalue weighted by atomic mass is 32.1. The molecule has 0 unspecified atom stereocenters. The van der Waals surface area contributed by atoms with E-state index < -0.39 is 5.60 Å². The van der Waals surface area contributed by atoms with Gasteiger partial charge in [-0.2, -0.15) is 0 Å². The minimum atomic E-state index is -0.460. The van der Waals surface area contributed by atoms with Crippen molar-refractivity contribution < 1.29 is 13.7 Å². The standard InChI is InChI=1S/C7H12O3S.C5H5N/c1-7(2,3)10-6(8)4-5-11-9;1-2-4-6-5-3-1/h5H,4H2,1-3H3;1-5H. The monoisotopic (exact) mass is 255 g/mol. The summed E-state index contributed by atoms with van der Waals surface area (Å²) in [6.07, 6.45) is 3.57. The molecule has 0 radical (unpaired) electrons. The molecule has 0 aromatic carbocycles. The molecule has 4 nitrogen and oxygen atoms in total. The first-order chi connectivity index (χ1) is 7.95. The molecule has 1 heterocycles. The largest absolute Gasteiger partial charge is 0.460 e.